The quantitative estimate of drug-likeness (QED) is 0.782. The topological polar surface area (TPSA) is 40.6 Å². The first-order valence-electron chi connectivity index (χ1n) is 5.28. The highest BCUT2D eigenvalue weighted by atomic mass is 32.2. The standard InChI is InChI=1S/C12H16N2O2S2/c1-13(2)11(15)17-9-6-5-7-10(8-9)18-12(16)14(3)4/h5-8H,1-4H3. The lowest BCUT2D eigenvalue weighted by molar-refractivity contribution is 0.240. The van der Waals surface area contributed by atoms with Gasteiger partial charge in [0.15, 0.2) is 0 Å². The first-order valence-corrected chi connectivity index (χ1v) is 6.92. The van der Waals surface area contributed by atoms with Crippen molar-refractivity contribution in [3.63, 3.8) is 0 Å². The zero-order chi connectivity index (χ0) is 13.7. The fourth-order valence-electron chi connectivity index (χ4n) is 0.985. The van der Waals surface area contributed by atoms with Crippen molar-refractivity contribution >= 4 is 34.0 Å². The zero-order valence-corrected chi connectivity index (χ0v) is 12.5. The Morgan fingerprint density at radius 2 is 1.28 bits per heavy atom. The maximum absolute atomic E-state index is 11.6. The monoisotopic (exact) mass is 284 g/mol. The Labute approximate surface area is 116 Å². The van der Waals surface area contributed by atoms with Crippen LogP contribution in [0.2, 0.25) is 0 Å². The molecular formula is C12H16N2O2S2. The third-order valence-electron chi connectivity index (χ3n) is 1.95. The molecule has 18 heavy (non-hydrogen) atoms. The Kier molecular flexibility index (Phi) is 5.55. The fraction of sp³-hybridized carbons (Fsp3) is 0.333. The molecule has 0 unspecified atom stereocenters. The molecule has 1 aromatic carbocycles. The second-order valence-electron chi connectivity index (χ2n) is 4.00. The maximum Gasteiger partial charge on any atom is 0.285 e. The largest absolute Gasteiger partial charge is 0.339 e. The number of hydrogen-bond donors (Lipinski definition) is 0. The van der Waals surface area contributed by atoms with Crippen LogP contribution in [0.1, 0.15) is 0 Å². The molecule has 0 aliphatic carbocycles. The molecule has 4 nitrogen and oxygen atoms in total. The molecule has 0 aromatic heterocycles. The Hall–Kier alpha value is -1.14. The number of hydrogen-bond acceptors (Lipinski definition) is 4. The number of benzene rings is 1. The highest BCUT2D eigenvalue weighted by Gasteiger charge is 2.10. The molecule has 0 bridgehead atoms. The molecule has 0 saturated carbocycles. The van der Waals surface area contributed by atoms with Gasteiger partial charge in [0.25, 0.3) is 10.5 Å². The Morgan fingerprint density at radius 1 is 0.889 bits per heavy atom. The molecule has 0 N–H and O–H groups in total. The molecule has 1 aromatic rings. The van der Waals surface area contributed by atoms with E-state index in [-0.39, 0.29) is 10.5 Å². The van der Waals surface area contributed by atoms with Crippen LogP contribution < -0.4 is 0 Å². The summed E-state index contributed by atoms with van der Waals surface area (Å²) in [6.45, 7) is 0. The lowest BCUT2D eigenvalue weighted by Gasteiger charge is -2.11. The minimum atomic E-state index is -0.0314. The molecule has 0 saturated heterocycles. The number of carbonyl (C=O) groups is 2. The van der Waals surface area contributed by atoms with Crippen LogP contribution in [-0.2, 0) is 0 Å². The summed E-state index contributed by atoms with van der Waals surface area (Å²) in [4.78, 5) is 27.8. The number of carbonyl (C=O) groups excluding carboxylic acids is 2. The van der Waals surface area contributed by atoms with Gasteiger partial charge in [0.2, 0.25) is 0 Å². The van der Waals surface area contributed by atoms with Gasteiger partial charge < -0.3 is 9.80 Å². The summed E-state index contributed by atoms with van der Waals surface area (Å²) in [5.41, 5.74) is 0. The normalized spacial score (nSPS) is 10.0. The minimum Gasteiger partial charge on any atom is -0.339 e. The maximum atomic E-state index is 11.6. The van der Waals surface area contributed by atoms with Gasteiger partial charge in [0, 0.05) is 38.0 Å². The van der Waals surface area contributed by atoms with Crippen molar-refractivity contribution in [2.24, 2.45) is 0 Å². The Balaban J connectivity index is 2.74. The van der Waals surface area contributed by atoms with Gasteiger partial charge in [-0.25, -0.2) is 0 Å². The van der Waals surface area contributed by atoms with E-state index in [1.54, 1.807) is 28.2 Å². The smallest absolute Gasteiger partial charge is 0.285 e. The van der Waals surface area contributed by atoms with Crippen LogP contribution in [0.25, 0.3) is 0 Å². The summed E-state index contributed by atoms with van der Waals surface area (Å²) in [5.74, 6) is 0. The summed E-state index contributed by atoms with van der Waals surface area (Å²) in [6, 6.07) is 7.40. The molecule has 1 rings (SSSR count). The number of nitrogens with zero attached hydrogens (tertiary/aromatic N) is 2. The molecule has 0 heterocycles. The second kappa shape index (κ2) is 6.70. The van der Waals surface area contributed by atoms with Crippen LogP contribution in [0.4, 0.5) is 9.59 Å². The third kappa shape index (κ3) is 4.62. The van der Waals surface area contributed by atoms with Crippen LogP contribution in [0.15, 0.2) is 34.1 Å². The molecular weight excluding hydrogens is 268 g/mol. The summed E-state index contributed by atoms with van der Waals surface area (Å²) < 4.78 is 0. The Morgan fingerprint density at radius 3 is 1.61 bits per heavy atom. The zero-order valence-electron chi connectivity index (χ0n) is 10.8. The van der Waals surface area contributed by atoms with E-state index in [0.717, 1.165) is 33.3 Å². The van der Waals surface area contributed by atoms with Crippen LogP contribution in [-0.4, -0.2) is 48.5 Å². The van der Waals surface area contributed by atoms with Crippen molar-refractivity contribution in [1.29, 1.82) is 0 Å². The molecule has 0 aliphatic heterocycles. The van der Waals surface area contributed by atoms with Crippen LogP contribution in [0.3, 0.4) is 0 Å². The summed E-state index contributed by atoms with van der Waals surface area (Å²) >= 11 is 2.30. The van der Waals surface area contributed by atoms with Gasteiger partial charge in [-0.15, -0.1) is 0 Å². The lowest BCUT2D eigenvalue weighted by Crippen LogP contribution is -2.16. The van der Waals surface area contributed by atoms with Crippen molar-refractivity contribution in [3.05, 3.63) is 24.3 Å². The molecule has 0 radical (unpaired) electrons. The van der Waals surface area contributed by atoms with Crippen molar-refractivity contribution in [2.45, 2.75) is 9.79 Å². The number of amides is 2. The SMILES string of the molecule is CN(C)C(=O)Sc1cccc(SC(=O)N(C)C)c1. The molecule has 6 heteroatoms. The van der Waals surface area contributed by atoms with Crippen LogP contribution >= 0.6 is 23.5 Å². The van der Waals surface area contributed by atoms with E-state index in [1.807, 2.05) is 24.3 Å². The van der Waals surface area contributed by atoms with E-state index in [2.05, 4.69) is 0 Å². The van der Waals surface area contributed by atoms with E-state index in [1.165, 1.54) is 9.80 Å². The van der Waals surface area contributed by atoms with Crippen LogP contribution in [0, 0.1) is 0 Å². The van der Waals surface area contributed by atoms with Gasteiger partial charge in [-0.2, -0.15) is 0 Å². The van der Waals surface area contributed by atoms with Gasteiger partial charge >= 0.3 is 0 Å². The van der Waals surface area contributed by atoms with Crippen LogP contribution in [0.5, 0.6) is 0 Å². The second-order valence-corrected chi connectivity index (χ2v) is 6.05. The van der Waals surface area contributed by atoms with E-state index in [4.69, 9.17) is 0 Å². The molecule has 0 aliphatic rings. The van der Waals surface area contributed by atoms with Crippen molar-refractivity contribution in [3.8, 4) is 0 Å². The molecule has 0 fully saturated rings. The van der Waals surface area contributed by atoms with E-state index >= 15 is 0 Å². The highest BCUT2D eigenvalue weighted by molar-refractivity contribution is 8.14. The summed E-state index contributed by atoms with van der Waals surface area (Å²) in [7, 11) is 6.85. The Bertz CT molecular complexity index is 410. The lowest BCUT2D eigenvalue weighted by atomic mass is 10.4. The van der Waals surface area contributed by atoms with Gasteiger partial charge in [-0.3, -0.25) is 9.59 Å². The average molecular weight is 284 g/mol. The first-order chi connectivity index (χ1) is 8.40. The van der Waals surface area contributed by atoms with Gasteiger partial charge in [0.1, 0.15) is 0 Å². The fourth-order valence-corrected chi connectivity index (χ4v) is 2.49. The van der Waals surface area contributed by atoms with Gasteiger partial charge in [-0.05, 0) is 41.7 Å². The number of rotatable bonds is 2. The molecule has 2 amide bonds. The molecule has 98 valence electrons. The van der Waals surface area contributed by atoms with E-state index in [0.29, 0.717) is 0 Å². The third-order valence-corrected chi connectivity index (χ3v) is 4.00. The van der Waals surface area contributed by atoms with Crippen molar-refractivity contribution in [1.82, 2.24) is 9.80 Å². The van der Waals surface area contributed by atoms with E-state index in [9.17, 15) is 9.59 Å². The highest BCUT2D eigenvalue weighted by Crippen LogP contribution is 2.27. The summed E-state index contributed by atoms with van der Waals surface area (Å²) in [6.07, 6.45) is 0. The number of thioether (sulfide) groups is 2. The predicted molar refractivity (Wildman–Crippen MR) is 76.3 cm³/mol. The average Bonchev–Trinajstić information content (AvgIpc) is 2.29. The van der Waals surface area contributed by atoms with Crippen molar-refractivity contribution in [2.75, 3.05) is 28.2 Å². The van der Waals surface area contributed by atoms with Gasteiger partial charge in [0.05, 0.1) is 0 Å². The first kappa shape index (κ1) is 14.9. The van der Waals surface area contributed by atoms with Crippen molar-refractivity contribution < 1.29 is 9.59 Å². The predicted octanol–water partition coefficient (Wildman–Crippen LogP) is 3.23. The minimum absolute atomic E-state index is 0.0314. The van der Waals surface area contributed by atoms with E-state index < -0.39 is 0 Å². The molecule has 0 spiro atoms. The summed E-state index contributed by atoms with van der Waals surface area (Å²) in [5, 5.41) is -0.0628. The molecule has 0 atom stereocenters. The van der Waals surface area contributed by atoms with Gasteiger partial charge in [-0.1, -0.05) is 6.07 Å².